The Morgan fingerprint density at radius 3 is 2.14 bits per heavy atom. The van der Waals surface area contributed by atoms with E-state index in [1.165, 1.54) is 11.1 Å². The van der Waals surface area contributed by atoms with Gasteiger partial charge in [0.2, 0.25) is 5.95 Å². The Bertz CT molecular complexity index is 872. The summed E-state index contributed by atoms with van der Waals surface area (Å²) in [5.74, 6) is 0.889. The zero-order chi connectivity index (χ0) is 19.2. The van der Waals surface area contributed by atoms with Crippen LogP contribution in [0.5, 0.6) is 0 Å². The number of aryl methyl sites for hydroxylation is 2. The molecule has 3 aromatic rings. The molecule has 0 spiro atoms. The van der Waals surface area contributed by atoms with Crippen molar-refractivity contribution in [2.75, 3.05) is 18.8 Å². The third-order valence-corrected chi connectivity index (χ3v) is 5.58. The van der Waals surface area contributed by atoms with Crippen LogP contribution in [0.25, 0.3) is 0 Å². The van der Waals surface area contributed by atoms with Crippen molar-refractivity contribution in [3.05, 3.63) is 89.2 Å². The maximum absolute atomic E-state index is 6.03. The molecule has 0 bridgehead atoms. The van der Waals surface area contributed by atoms with Crippen molar-refractivity contribution in [2.45, 2.75) is 38.1 Å². The first-order chi connectivity index (χ1) is 13.8. The summed E-state index contributed by atoms with van der Waals surface area (Å²) in [6.07, 6.45) is 4.13. The van der Waals surface area contributed by atoms with E-state index in [0.29, 0.717) is 11.9 Å². The smallest absolute Gasteiger partial charge is 0.220 e. The number of likely N-dealkylation sites (tertiary alicyclic amines) is 1. The molecule has 4 rings (SSSR count). The van der Waals surface area contributed by atoms with E-state index in [2.05, 4.69) is 81.6 Å². The maximum atomic E-state index is 6.03. The lowest BCUT2D eigenvalue weighted by atomic mass is 9.92. The highest BCUT2D eigenvalue weighted by Crippen LogP contribution is 2.28. The van der Waals surface area contributed by atoms with E-state index in [4.69, 9.17) is 5.73 Å². The number of nitrogen functional groups attached to an aromatic ring is 1. The summed E-state index contributed by atoms with van der Waals surface area (Å²) in [4.78, 5) is 11.6. The predicted molar refractivity (Wildman–Crippen MR) is 114 cm³/mol. The Morgan fingerprint density at radius 1 is 0.821 bits per heavy atom. The minimum absolute atomic E-state index is 0.410. The summed E-state index contributed by atoms with van der Waals surface area (Å²) >= 11 is 0. The maximum Gasteiger partial charge on any atom is 0.220 e. The van der Waals surface area contributed by atoms with Crippen molar-refractivity contribution < 1.29 is 0 Å². The molecular formula is C24H28N4. The number of nitrogens with zero attached hydrogens (tertiary/aromatic N) is 3. The number of rotatable bonds is 6. The average molecular weight is 373 g/mol. The van der Waals surface area contributed by atoms with Gasteiger partial charge in [-0.1, -0.05) is 60.7 Å². The standard InChI is InChI=1S/C24H28N4/c25-24-26-22(12-11-19-7-3-1-4-8-19)17-23(27-24)21-13-15-28(16-14-21)18-20-9-5-2-6-10-20/h1-10,17,21H,11-16,18H2,(H2,25,26,27). The summed E-state index contributed by atoms with van der Waals surface area (Å²) in [5.41, 5.74) is 10.9. The van der Waals surface area contributed by atoms with Crippen molar-refractivity contribution in [3.63, 3.8) is 0 Å². The predicted octanol–water partition coefficient (Wildman–Crippen LogP) is 4.22. The molecule has 0 saturated carbocycles. The molecule has 144 valence electrons. The molecule has 4 nitrogen and oxygen atoms in total. The van der Waals surface area contributed by atoms with Gasteiger partial charge in [0, 0.05) is 23.9 Å². The van der Waals surface area contributed by atoms with E-state index < -0.39 is 0 Å². The van der Waals surface area contributed by atoms with Crippen LogP contribution >= 0.6 is 0 Å². The normalized spacial score (nSPS) is 15.6. The van der Waals surface area contributed by atoms with E-state index >= 15 is 0 Å². The topological polar surface area (TPSA) is 55.0 Å². The summed E-state index contributed by atoms with van der Waals surface area (Å²) in [6, 6.07) is 23.4. The van der Waals surface area contributed by atoms with Gasteiger partial charge in [0.15, 0.2) is 0 Å². The lowest BCUT2D eigenvalue weighted by Crippen LogP contribution is -2.32. The quantitative estimate of drug-likeness (QED) is 0.704. The Kier molecular flexibility index (Phi) is 5.98. The molecule has 1 fully saturated rings. The van der Waals surface area contributed by atoms with Crippen molar-refractivity contribution in [1.29, 1.82) is 0 Å². The lowest BCUT2D eigenvalue weighted by molar-refractivity contribution is 0.203. The SMILES string of the molecule is Nc1nc(CCc2ccccc2)cc(C2CCN(Cc3ccccc3)CC2)n1. The van der Waals surface area contributed by atoms with E-state index in [0.717, 1.165) is 56.7 Å². The van der Waals surface area contributed by atoms with Crippen LogP contribution in [0.3, 0.4) is 0 Å². The zero-order valence-corrected chi connectivity index (χ0v) is 16.3. The third kappa shape index (κ3) is 4.96. The third-order valence-electron chi connectivity index (χ3n) is 5.58. The molecule has 1 aromatic heterocycles. The van der Waals surface area contributed by atoms with Crippen LogP contribution in [0.1, 0.15) is 41.3 Å². The minimum Gasteiger partial charge on any atom is -0.368 e. The zero-order valence-electron chi connectivity index (χ0n) is 16.3. The highest BCUT2D eigenvalue weighted by molar-refractivity contribution is 5.26. The lowest BCUT2D eigenvalue weighted by Gasteiger charge is -2.31. The van der Waals surface area contributed by atoms with Crippen LogP contribution in [0.4, 0.5) is 5.95 Å². The number of benzene rings is 2. The monoisotopic (exact) mass is 372 g/mol. The Morgan fingerprint density at radius 2 is 1.46 bits per heavy atom. The van der Waals surface area contributed by atoms with Gasteiger partial charge in [-0.3, -0.25) is 4.90 Å². The van der Waals surface area contributed by atoms with Gasteiger partial charge in [-0.05, 0) is 56.0 Å². The second-order valence-electron chi connectivity index (χ2n) is 7.66. The first-order valence-corrected chi connectivity index (χ1v) is 10.2. The Labute approximate surface area is 167 Å². The van der Waals surface area contributed by atoms with Crippen molar-refractivity contribution in [1.82, 2.24) is 14.9 Å². The molecule has 2 heterocycles. The van der Waals surface area contributed by atoms with Crippen molar-refractivity contribution >= 4 is 5.95 Å². The molecule has 0 aliphatic carbocycles. The van der Waals surface area contributed by atoms with Gasteiger partial charge in [-0.25, -0.2) is 9.97 Å². The number of hydrogen-bond donors (Lipinski definition) is 1. The van der Waals surface area contributed by atoms with E-state index in [-0.39, 0.29) is 0 Å². The molecule has 0 atom stereocenters. The van der Waals surface area contributed by atoms with Gasteiger partial charge in [-0.15, -0.1) is 0 Å². The van der Waals surface area contributed by atoms with Crippen LogP contribution in [0, 0.1) is 0 Å². The molecule has 1 aliphatic heterocycles. The fraction of sp³-hybridized carbons (Fsp3) is 0.333. The number of piperidine rings is 1. The van der Waals surface area contributed by atoms with E-state index in [9.17, 15) is 0 Å². The molecule has 1 aliphatic rings. The molecule has 0 radical (unpaired) electrons. The molecular weight excluding hydrogens is 344 g/mol. The van der Waals surface area contributed by atoms with Gasteiger partial charge in [-0.2, -0.15) is 0 Å². The average Bonchev–Trinajstić information content (AvgIpc) is 2.74. The van der Waals surface area contributed by atoms with Gasteiger partial charge in [0.1, 0.15) is 0 Å². The number of anilines is 1. The summed E-state index contributed by atoms with van der Waals surface area (Å²) in [7, 11) is 0. The van der Waals surface area contributed by atoms with Crippen molar-refractivity contribution in [2.24, 2.45) is 0 Å². The minimum atomic E-state index is 0.410. The molecule has 2 N–H and O–H groups in total. The van der Waals surface area contributed by atoms with Gasteiger partial charge in [0.05, 0.1) is 0 Å². The highest BCUT2D eigenvalue weighted by atomic mass is 15.1. The second-order valence-corrected chi connectivity index (χ2v) is 7.66. The molecule has 2 aromatic carbocycles. The van der Waals surface area contributed by atoms with Crippen LogP contribution in [0.2, 0.25) is 0 Å². The van der Waals surface area contributed by atoms with Gasteiger partial charge in [0.25, 0.3) is 0 Å². The first-order valence-electron chi connectivity index (χ1n) is 10.2. The van der Waals surface area contributed by atoms with Crippen molar-refractivity contribution in [3.8, 4) is 0 Å². The number of aromatic nitrogens is 2. The first kappa shape index (κ1) is 18.6. The van der Waals surface area contributed by atoms with Crippen LogP contribution < -0.4 is 5.73 Å². The van der Waals surface area contributed by atoms with Gasteiger partial charge >= 0.3 is 0 Å². The van der Waals surface area contributed by atoms with E-state index in [1.54, 1.807) is 0 Å². The van der Waals surface area contributed by atoms with Gasteiger partial charge < -0.3 is 5.73 Å². The molecule has 0 amide bonds. The fourth-order valence-corrected chi connectivity index (χ4v) is 4.02. The summed E-state index contributed by atoms with van der Waals surface area (Å²) < 4.78 is 0. The largest absolute Gasteiger partial charge is 0.368 e. The molecule has 4 heteroatoms. The van der Waals surface area contributed by atoms with Crippen LogP contribution in [0.15, 0.2) is 66.7 Å². The fourth-order valence-electron chi connectivity index (χ4n) is 4.02. The number of nitrogens with two attached hydrogens (primary N) is 1. The molecule has 28 heavy (non-hydrogen) atoms. The number of hydrogen-bond acceptors (Lipinski definition) is 4. The Hall–Kier alpha value is -2.72. The Balaban J connectivity index is 1.36. The summed E-state index contributed by atoms with van der Waals surface area (Å²) in [5, 5.41) is 0. The second kappa shape index (κ2) is 8.98. The molecule has 1 saturated heterocycles. The van der Waals surface area contributed by atoms with Crippen LogP contribution in [-0.4, -0.2) is 28.0 Å². The van der Waals surface area contributed by atoms with Crippen LogP contribution in [-0.2, 0) is 19.4 Å². The van der Waals surface area contributed by atoms with E-state index in [1.807, 2.05) is 0 Å². The summed E-state index contributed by atoms with van der Waals surface area (Å²) in [6.45, 7) is 3.23. The highest BCUT2D eigenvalue weighted by Gasteiger charge is 2.22. The molecule has 0 unspecified atom stereocenters.